The molecule has 2 rings (SSSR count). The lowest BCUT2D eigenvalue weighted by Gasteiger charge is -2.10. The molecule has 6 nitrogen and oxygen atoms in total. The lowest BCUT2D eigenvalue weighted by molar-refractivity contribution is 0.0995. The van der Waals surface area contributed by atoms with Crippen molar-refractivity contribution in [3.05, 3.63) is 47.4 Å². The standard InChI is InChI=1S/C15H18N4O2/c1-10-3-4-13(21-2)11(7-10)5-6-18-14-9-17-8-12(19-14)15(16)20/h3-4,7-9H,5-6H2,1-2H3,(H2,16,20)(H,18,19). The molecule has 0 saturated heterocycles. The van der Waals surface area contributed by atoms with E-state index in [0.717, 1.165) is 17.7 Å². The number of primary amides is 1. The first-order valence-corrected chi connectivity index (χ1v) is 6.59. The van der Waals surface area contributed by atoms with Gasteiger partial charge in [-0.05, 0) is 25.0 Å². The van der Waals surface area contributed by atoms with Gasteiger partial charge in [0.2, 0.25) is 0 Å². The highest BCUT2D eigenvalue weighted by Crippen LogP contribution is 2.20. The van der Waals surface area contributed by atoms with E-state index in [1.165, 1.54) is 11.8 Å². The minimum atomic E-state index is -0.591. The second-order valence-corrected chi connectivity index (χ2v) is 4.65. The number of ether oxygens (including phenoxy) is 1. The number of nitrogens with two attached hydrogens (primary N) is 1. The summed E-state index contributed by atoms with van der Waals surface area (Å²) in [5.74, 6) is 0.795. The van der Waals surface area contributed by atoms with Crippen LogP contribution in [-0.4, -0.2) is 29.5 Å². The predicted octanol–water partition coefficient (Wildman–Crippen LogP) is 1.55. The third kappa shape index (κ3) is 3.92. The number of hydrogen-bond donors (Lipinski definition) is 2. The van der Waals surface area contributed by atoms with Crippen molar-refractivity contribution in [2.75, 3.05) is 19.0 Å². The quantitative estimate of drug-likeness (QED) is 0.840. The van der Waals surface area contributed by atoms with Crippen LogP contribution in [0.15, 0.2) is 30.6 Å². The van der Waals surface area contributed by atoms with Crippen molar-refractivity contribution < 1.29 is 9.53 Å². The lowest BCUT2D eigenvalue weighted by atomic mass is 10.1. The molecule has 3 N–H and O–H groups in total. The Morgan fingerprint density at radius 2 is 2.19 bits per heavy atom. The zero-order valence-electron chi connectivity index (χ0n) is 12.1. The average molecular weight is 286 g/mol. The van der Waals surface area contributed by atoms with Gasteiger partial charge in [-0.25, -0.2) is 4.98 Å². The highest BCUT2D eigenvalue weighted by molar-refractivity contribution is 5.90. The zero-order valence-corrected chi connectivity index (χ0v) is 12.1. The summed E-state index contributed by atoms with van der Waals surface area (Å²) in [5.41, 5.74) is 7.61. The van der Waals surface area contributed by atoms with E-state index >= 15 is 0 Å². The smallest absolute Gasteiger partial charge is 0.268 e. The van der Waals surface area contributed by atoms with Gasteiger partial charge in [0.25, 0.3) is 5.91 Å². The molecule has 0 saturated carbocycles. The number of carbonyl (C=O) groups is 1. The van der Waals surface area contributed by atoms with E-state index in [2.05, 4.69) is 21.4 Å². The van der Waals surface area contributed by atoms with Crippen molar-refractivity contribution in [2.24, 2.45) is 5.73 Å². The van der Waals surface area contributed by atoms with Gasteiger partial charge in [0, 0.05) is 6.54 Å². The summed E-state index contributed by atoms with van der Waals surface area (Å²) in [6.45, 7) is 2.69. The van der Waals surface area contributed by atoms with Gasteiger partial charge in [0.15, 0.2) is 0 Å². The van der Waals surface area contributed by atoms with Crippen LogP contribution in [0.5, 0.6) is 5.75 Å². The van der Waals surface area contributed by atoms with E-state index in [1.54, 1.807) is 13.3 Å². The number of anilines is 1. The summed E-state index contributed by atoms with van der Waals surface area (Å²) in [4.78, 5) is 19.1. The van der Waals surface area contributed by atoms with Crippen LogP contribution in [0, 0.1) is 6.92 Å². The minimum absolute atomic E-state index is 0.146. The van der Waals surface area contributed by atoms with Crippen LogP contribution in [0.4, 0.5) is 5.82 Å². The van der Waals surface area contributed by atoms with Gasteiger partial charge in [0.1, 0.15) is 17.3 Å². The molecule has 0 aliphatic heterocycles. The molecule has 110 valence electrons. The van der Waals surface area contributed by atoms with Gasteiger partial charge in [-0.3, -0.25) is 9.78 Å². The number of hydrogen-bond acceptors (Lipinski definition) is 5. The molecule has 2 aromatic rings. The Labute approximate surface area is 123 Å². The number of aromatic nitrogens is 2. The third-order valence-corrected chi connectivity index (χ3v) is 3.02. The topological polar surface area (TPSA) is 90.1 Å². The SMILES string of the molecule is COc1ccc(C)cc1CCNc1cncc(C(N)=O)n1. The van der Waals surface area contributed by atoms with Gasteiger partial charge in [0.05, 0.1) is 19.5 Å². The van der Waals surface area contributed by atoms with Crippen LogP contribution in [0.3, 0.4) is 0 Å². The molecule has 0 unspecified atom stereocenters. The number of rotatable bonds is 6. The van der Waals surface area contributed by atoms with E-state index in [9.17, 15) is 4.79 Å². The molecular weight excluding hydrogens is 268 g/mol. The first-order chi connectivity index (χ1) is 10.1. The van der Waals surface area contributed by atoms with E-state index in [4.69, 9.17) is 10.5 Å². The molecule has 0 radical (unpaired) electrons. The number of amides is 1. The maximum absolute atomic E-state index is 11.0. The summed E-state index contributed by atoms with van der Waals surface area (Å²) >= 11 is 0. The maximum atomic E-state index is 11.0. The summed E-state index contributed by atoms with van der Waals surface area (Å²) in [7, 11) is 1.66. The second kappa shape index (κ2) is 6.69. The highest BCUT2D eigenvalue weighted by Gasteiger charge is 2.05. The van der Waals surface area contributed by atoms with Crippen molar-refractivity contribution in [2.45, 2.75) is 13.3 Å². The Morgan fingerprint density at radius 1 is 1.38 bits per heavy atom. The molecule has 0 bridgehead atoms. The molecular formula is C15H18N4O2. The van der Waals surface area contributed by atoms with Crippen LogP contribution in [0.1, 0.15) is 21.6 Å². The van der Waals surface area contributed by atoms with Crippen LogP contribution in [0.2, 0.25) is 0 Å². The normalized spacial score (nSPS) is 10.2. The van der Waals surface area contributed by atoms with Crippen LogP contribution >= 0.6 is 0 Å². The van der Waals surface area contributed by atoms with Gasteiger partial charge in [-0.15, -0.1) is 0 Å². The maximum Gasteiger partial charge on any atom is 0.268 e. The van der Waals surface area contributed by atoms with Crippen molar-refractivity contribution in [3.8, 4) is 5.75 Å². The van der Waals surface area contributed by atoms with E-state index in [-0.39, 0.29) is 5.69 Å². The predicted molar refractivity (Wildman–Crippen MR) is 80.5 cm³/mol. The Balaban J connectivity index is 2.00. The Bertz CT molecular complexity index is 643. The fraction of sp³-hybridized carbons (Fsp3) is 0.267. The van der Waals surface area contributed by atoms with Crippen molar-refractivity contribution in [1.82, 2.24) is 9.97 Å². The molecule has 0 atom stereocenters. The van der Waals surface area contributed by atoms with Gasteiger partial charge >= 0.3 is 0 Å². The fourth-order valence-electron chi connectivity index (χ4n) is 2.00. The van der Waals surface area contributed by atoms with Gasteiger partial charge in [-0.2, -0.15) is 0 Å². The first-order valence-electron chi connectivity index (χ1n) is 6.59. The van der Waals surface area contributed by atoms with Crippen LogP contribution in [0.25, 0.3) is 0 Å². The largest absolute Gasteiger partial charge is 0.496 e. The summed E-state index contributed by atoms with van der Waals surface area (Å²) in [6, 6.07) is 6.06. The summed E-state index contributed by atoms with van der Waals surface area (Å²) in [6.07, 6.45) is 3.67. The Hall–Kier alpha value is -2.63. The molecule has 0 aliphatic carbocycles. The van der Waals surface area contributed by atoms with Crippen LogP contribution in [-0.2, 0) is 6.42 Å². The molecule has 21 heavy (non-hydrogen) atoms. The number of aryl methyl sites for hydroxylation is 1. The molecule has 0 fully saturated rings. The third-order valence-electron chi connectivity index (χ3n) is 3.02. The average Bonchev–Trinajstić information content (AvgIpc) is 2.48. The van der Waals surface area contributed by atoms with Crippen molar-refractivity contribution in [3.63, 3.8) is 0 Å². The van der Waals surface area contributed by atoms with Crippen molar-refractivity contribution in [1.29, 1.82) is 0 Å². The monoisotopic (exact) mass is 286 g/mol. The molecule has 1 aromatic heterocycles. The number of carbonyl (C=O) groups excluding carboxylic acids is 1. The number of nitrogens with zero attached hydrogens (tertiary/aromatic N) is 2. The molecule has 1 aromatic carbocycles. The highest BCUT2D eigenvalue weighted by atomic mass is 16.5. The Kier molecular flexibility index (Phi) is 4.71. The fourth-order valence-corrected chi connectivity index (χ4v) is 2.00. The van der Waals surface area contributed by atoms with E-state index < -0.39 is 5.91 Å². The van der Waals surface area contributed by atoms with Crippen molar-refractivity contribution >= 4 is 11.7 Å². The number of nitrogens with one attached hydrogen (secondary N) is 1. The number of benzene rings is 1. The van der Waals surface area contributed by atoms with Gasteiger partial charge in [-0.1, -0.05) is 17.7 Å². The summed E-state index contributed by atoms with van der Waals surface area (Å²) in [5, 5.41) is 3.12. The number of methoxy groups -OCH3 is 1. The van der Waals surface area contributed by atoms with E-state index in [1.807, 2.05) is 19.1 Å². The molecule has 6 heteroatoms. The van der Waals surface area contributed by atoms with E-state index in [0.29, 0.717) is 12.4 Å². The van der Waals surface area contributed by atoms with Gasteiger partial charge < -0.3 is 15.8 Å². The minimum Gasteiger partial charge on any atom is -0.496 e. The lowest BCUT2D eigenvalue weighted by Crippen LogP contribution is -2.15. The molecule has 1 amide bonds. The molecule has 1 heterocycles. The molecule has 0 aliphatic rings. The molecule has 0 spiro atoms. The second-order valence-electron chi connectivity index (χ2n) is 4.65. The first kappa shape index (κ1) is 14.8. The Morgan fingerprint density at radius 3 is 2.90 bits per heavy atom. The zero-order chi connectivity index (χ0) is 15.2. The van der Waals surface area contributed by atoms with Crippen LogP contribution < -0.4 is 15.8 Å². The summed E-state index contributed by atoms with van der Waals surface area (Å²) < 4.78 is 5.34.